The minimum Gasteiger partial charge on any atom is -0.313 e. The lowest BCUT2D eigenvalue weighted by atomic mass is 10.0. The molecule has 2 rings (SSSR count). The standard InChI is InChI=1S/C13H26N2/c1-13(2)8-6-10-15(13)11-12-7-4-3-5-9-14-12/h12,14H,3-11H2,1-2H3. The van der Waals surface area contributed by atoms with Crippen LogP contribution in [0.1, 0.15) is 52.4 Å². The van der Waals surface area contributed by atoms with Crippen LogP contribution in [0.2, 0.25) is 0 Å². The summed E-state index contributed by atoms with van der Waals surface area (Å²) < 4.78 is 0. The first-order valence-corrected chi connectivity index (χ1v) is 6.67. The van der Waals surface area contributed by atoms with Crippen molar-refractivity contribution in [3.8, 4) is 0 Å². The van der Waals surface area contributed by atoms with Crippen LogP contribution in [0.5, 0.6) is 0 Å². The van der Waals surface area contributed by atoms with E-state index in [0.29, 0.717) is 5.54 Å². The summed E-state index contributed by atoms with van der Waals surface area (Å²) >= 11 is 0. The minimum absolute atomic E-state index is 0.452. The van der Waals surface area contributed by atoms with Gasteiger partial charge >= 0.3 is 0 Å². The van der Waals surface area contributed by atoms with Gasteiger partial charge in [0.25, 0.3) is 0 Å². The molecule has 2 aliphatic heterocycles. The Kier molecular flexibility index (Phi) is 3.68. The maximum atomic E-state index is 3.70. The zero-order chi connectivity index (χ0) is 10.7. The smallest absolute Gasteiger partial charge is 0.0195 e. The second-order valence-corrected chi connectivity index (χ2v) is 5.86. The minimum atomic E-state index is 0.452. The van der Waals surface area contributed by atoms with Crippen LogP contribution in [0.15, 0.2) is 0 Å². The molecule has 0 aromatic carbocycles. The molecule has 15 heavy (non-hydrogen) atoms. The van der Waals surface area contributed by atoms with Gasteiger partial charge < -0.3 is 5.32 Å². The second-order valence-electron chi connectivity index (χ2n) is 5.86. The molecule has 2 fully saturated rings. The van der Waals surface area contributed by atoms with Crippen molar-refractivity contribution in [2.24, 2.45) is 0 Å². The quantitative estimate of drug-likeness (QED) is 0.753. The lowest BCUT2D eigenvalue weighted by molar-refractivity contribution is 0.155. The first kappa shape index (κ1) is 11.4. The summed E-state index contributed by atoms with van der Waals surface area (Å²) in [5.74, 6) is 0. The van der Waals surface area contributed by atoms with Gasteiger partial charge in [-0.05, 0) is 52.6 Å². The van der Waals surface area contributed by atoms with Crippen molar-refractivity contribution < 1.29 is 0 Å². The molecule has 1 N–H and O–H groups in total. The first-order chi connectivity index (χ1) is 7.18. The van der Waals surface area contributed by atoms with E-state index in [9.17, 15) is 0 Å². The monoisotopic (exact) mass is 210 g/mol. The fraction of sp³-hybridized carbons (Fsp3) is 1.00. The molecular formula is C13H26N2. The van der Waals surface area contributed by atoms with Crippen molar-refractivity contribution in [3.05, 3.63) is 0 Å². The van der Waals surface area contributed by atoms with Crippen molar-refractivity contribution in [1.29, 1.82) is 0 Å². The molecule has 2 nitrogen and oxygen atoms in total. The molecule has 0 saturated carbocycles. The van der Waals surface area contributed by atoms with Crippen LogP contribution in [0.4, 0.5) is 0 Å². The van der Waals surface area contributed by atoms with Gasteiger partial charge in [0, 0.05) is 18.1 Å². The van der Waals surface area contributed by atoms with Crippen LogP contribution in [-0.2, 0) is 0 Å². The number of rotatable bonds is 2. The zero-order valence-corrected chi connectivity index (χ0v) is 10.4. The summed E-state index contributed by atoms with van der Waals surface area (Å²) in [6, 6.07) is 0.755. The molecule has 0 aromatic rings. The fourth-order valence-corrected chi connectivity index (χ4v) is 3.02. The zero-order valence-electron chi connectivity index (χ0n) is 10.4. The van der Waals surface area contributed by atoms with Crippen molar-refractivity contribution >= 4 is 0 Å². The predicted molar refractivity (Wildman–Crippen MR) is 65.1 cm³/mol. The van der Waals surface area contributed by atoms with Gasteiger partial charge in [-0.15, -0.1) is 0 Å². The molecule has 0 aromatic heterocycles. The number of hydrogen-bond acceptors (Lipinski definition) is 2. The van der Waals surface area contributed by atoms with Gasteiger partial charge in [0.05, 0.1) is 0 Å². The average Bonchev–Trinajstić information content (AvgIpc) is 2.43. The van der Waals surface area contributed by atoms with Gasteiger partial charge in [0.15, 0.2) is 0 Å². The van der Waals surface area contributed by atoms with Crippen molar-refractivity contribution in [2.45, 2.75) is 64.0 Å². The molecule has 2 saturated heterocycles. The maximum absolute atomic E-state index is 3.70. The molecule has 0 radical (unpaired) electrons. The van der Waals surface area contributed by atoms with E-state index in [1.807, 2.05) is 0 Å². The normalized spacial score (nSPS) is 32.8. The Hall–Kier alpha value is -0.0800. The van der Waals surface area contributed by atoms with Gasteiger partial charge in [-0.25, -0.2) is 0 Å². The van der Waals surface area contributed by atoms with E-state index in [2.05, 4.69) is 24.1 Å². The summed E-state index contributed by atoms with van der Waals surface area (Å²) in [4.78, 5) is 2.69. The number of hydrogen-bond donors (Lipinski definition) is 1. The third kappa shape index (κ3) is 2.94. The van der Waals surface area contributed by atoms with Crippen LogP contribution >= 0.6 is 0 Å². The molecule has 0 spiro atoms. The fourth-order valence-electron chi connectivity index (χ4n) is 3.02. The van der Waals surface area contributed by atoms with Crippen LogP contribution in [0.3, 0.4) is 0 Å². The summed E-state index contributed by atoms with van der Waals surface area (Å²) in [5.41, 5.74) is 0.452. The highest BCUT2D eigenvalue weighted by Crippen LogP contribution is 2.28. The van der Waals surface area contributed by atoms with Crippen LogP contribution in [-0.4, -0.2) is 36.1 Å². The Morgan fingerprint density at radius 1 is 1.20 bits per heavy atom. The Morgan fingerprint density at radius 3 is 2.80 bits per heavy atom. The van der Waals surface area contributed by atoms with Gasteiger partial charge in [0.1, 0.15) is 0 Å². The van der Waals surface area contributed by atoms with E-state index in [-0.39, 0.29) is 0 Å². The van der Waals surface area contributed by atoms with Crippen molar-refractivity contribution in [1.82, 2.24) is 10.2 Å². The lowest BCUT2D eigenvalue weighted by Crippen LogP contribution is -2.46. The van der Waals surface area contributed by atoms with Crippen LogP contribution in [0, 0.1) is 0 Å². The van der Waals surface area contributed by atoms with Gasteiger partial charge in [0.2, 0.25) is 0 Å². The van der Waals surface area contributed by atoms with E-state index in [1.54, 1.807) is 0 Å². The largest absolute Gasteiger partial charge is 0.313 e. The molecule has 88 valence electrons. The summed E-state index contributed by atoms with van der Waals surface area (Å²) in [7, 11) is 0. The van der Waals surface area contributed by atoms with E-state index in [1.165, 1.54) is 58.2 Å². The SMILES string of the molecule is CC1(C)CCCN1CC1CCCCCN1. The molecule has 1 atom stereocenters. The van der Waals surface area contributed by atoms with Crippen molar-refractivity contribution in [3.63, 3.8) is 0 Å². The highest BCUT2D eigenvalue weighted by Gasteiger charge is 2.32. The third-order valence-electron chi connectivity index (χ3n) is 4.18. The van der Waals surface area contributed by atoms with Crippen LogP contribution < -0.4 is 5.32 Å². The second kappa shape index (κ2) is 4.84. The highest BCUT2D eigenvalue weighted by atomic mass is 15.2. The van der Waals surface area contributed by atoms with E-state index >= 15 is 0 Å². The van der Waals surface area contributed by atoms with Crippen molar-refractivity contribution in [2.75, 3.05) is 19.6 Å². The molecule has 1 unspecified atom stereocenters. The number of likely N-dealkylation sites (tertiary alicyclic amines) is 1. The maximum Gasteiger partial charge on any atom is 0.0195 e. The molecule has 0 bridgehead atoms. The summed E-state index contributed by atoms with van der Waals surface area (Å²) in [6.07, 6.45) is 8.37. The molecule has 0 aliphatic carbocycles. The Bertz CT molecular complexity index is 193. The Balaban J connectivity index is 1.84. The number of nitrogens with zero attached hydrogens (tertiary/aromatic N) is 1. The molecule has 2 aliphatic rings. The van der Waals surface area contributed by atoms with E-state index in [4.69, 9.17) is 0 Å². The first-order valence-electron chi connectivity index (χ1n) is 6.67. The molecule has 2 heterocycles. The van der Waals surface area contributed by atoms with E-state index in [0.717, 1.165) is 6.04 Å². The highest BCUT2D eigenvalue weighted by molar-refractivity contribution is 4.90. The summed E-state index contributed by atoms with van der Waals surface area (Å²) in [5, 5.41) is 3.70. The third-order valence-corrected chi connectivity index (χ3v) is 4.18. The topological polar surface area (TPSA) is 15.3 Å². The average molecular weight is 210 g/mol. The van der Waals surface area contributed by atoms with Gasteiger partial charge in [-0.2, -0.15) is 0 Å². The molecule has 2 heteroatoms. The summed E-state index contributed by atoms with van der Waals surface area (Å²) in [6.45, 7) is 8.62. The van der Waals surface area contributed by atoms with Gasteiger partial charge in [-0.1, -0.05) is 12.8 Å². The Labute approximate surface area is 94.4 Å². The molecular weight excluding hydrogens is 184 g/mol. The van der Waals surface area contributed by atoms with Gasteiger partial charge in [-0.3, -0.25) is 4.90 Å². The lowest BCUT2D eigenvalue weighted by Gasteiger charge is -2.34. The van der Waals surface area contributed by atoms with E-state index < -0.39 is 0 Å². The predicted octanol–water partition coefficient (Wildman–Crippen LogP) is 2.39. The van der Waals surface area contributed by atoms with Crippen LogP contribution in [0.25, 0.3) is 0 Å². The molecule has 0 amide bonds. The number of nitrogens with one attached hydrogen (secondary N) is 1. The Morgan fingerprint density at radius 2 is 2.07 bits per heavy atom.